The van der Waals surface area contributed by atoms with Gasteiger partial charge in [-0.3, -0.25) is 9.59 Å². The predicted octanol–water partition coefficient (Wildman–Crippen LogP) is 3.91. The van der Waals surface area contributed by atoms with Crippen molar-refractivity contribution in [3.05, 3.63) is 12.2 Å². The highest BCUT2D eigenvalue weighted by Crippen LogP contribution is 2.49. The van der Waals surface area contributed by atoms with E-state index in [1.165, 1.54) is 0 Å². The topological polar surface area (TPSA) is 71.1 Å². The molecule has 27 heavy (non-hydrogen) atoms. The molecule has 0 aliphatic heterocycles. The van der Waals surface area contributed by atoms with Gasteiger partial charge in [0.25, 0.3) is 0 Å². The molecule has 8 heteroatoms. The van der Waals surface area contributed by atoms with Crippen molar-refractivity contribution in [3.63, 3.8) is 0 Å². The lowest BCUT2D eigenvalue weighted by molar-refractivity contribution is -0.181. The van der Waals surface area contributed by atoms with Crippen LogP contribution in [-0.4, -0.2) is 41.2 Å². The van der Waals surface area contributed by atoms with E-state index in [0.29, 0.717) is 0 Å². The summed E-state index contributed by atoms with van der Waals surface area (Å²) in [7, 11) is -3.64. The van der Waals surface area contributed by atoms with Crippen LogP contribution in [0.25, 0.3) is 0 Å². The quantitative estimate of drug-likeness (QED) is 0.260. The van der Waals surface area contributed by atoms with E-state index in [4.69, 9.17) is 18.3 Å². The molecule has 2 rings (SSSR count). The number of allylic oxidation sites excluding steroid dienone is 2. The van der Waals surface area contributed by atoms with Crippen molar-refractivity contribution in [2.24, 2.45) is 23.7 Å². The van der Waals surface area contributed by atoms with Crippen molar-refractivity contribution < 1.29 is 27.9 Å². The van der Waals surface area contributed by atoms with Crippen LogP contribution >= 0.6 is 0 Å². The number of carbonyl (C=O) groups is 2. The molecule has 0 aromatic heterocycles. The van der Waals surface area contributed by atoms with Crippen molar-refractivity contribution in [2.45, 2.75) is 72.1 Å². The van der Waals surface area contributed by atoms with Crippen LogP contribution in [0.15, 0.2) is 12.2 Å². The number of esters is 2. The summed E-state index contributed by atoms with van der Waals surface area (Å²) >= 11 is 0. The Bertz CT molecular complexity index is 542. The van der Waals surface area contributed by atoms with E-state index in [2.05, 4.69) is 0 Å². The minimum atomic E-state index is -1.82. The van der Waals surface area contributed by atoms with Crippen LogP contribution in [0, 0.1) is 23.7 Å². The molecule has 0 heterocycles. The standard InChI is InChI=1S/C19H34O6Si2/c1-12(24-26(3,4)5)22-18(20)16-14-9-10-15(11-14)17(16)19(21)23-13(2)25-27(6,7)8/h9-10,12-17H,11H2,1-8H3. The molecule has 2 aliphatic rings. The van der Waals surface area contributed by atoms with E-state index < -0.39 is 41.1 Å². The predicted molar refractivity (Wildman–Crippen MR) is 108 cm³/mol. The second-order valence-electron chi connectivity index (χ2n) is 9.47. The number of fused-ring (bicyclic) bond motifs is 2. The Hall–Kier alpha value is -0.966. The molecule has 6 unspecified atom stereocenters. The molecule has 1 saturated carbocycles. The van der Waals surface area contributed by atoms with Crippen LogP contribution in [-0.2, 0) is 27.9 Å². The van der Waals surface area contributed by atoms with Gasteiger partial charge in [0.05, 0.1) is 11.8 Å². The maximum absolute atomic E-state index is 12.8. The first kappa shape index (κ1) is 22.3. The molecular weight excluding hydrogens is 380 g/mol. The van der Waals surface area contributed by atoms with E-state index >= 15 is 0 Å². The second kappa shape index (κ2) is 8.18. The van der Waals surface area contributed by atoms with Gasteiger partial charge in [-0.2, -0.15) is 0 Å². The Morgan fingerprint density at radius 1 is 0.778 bits per heavy atom. The Balaban J connectivity index is 2.03. The zero-order valence-electron chi connectivity index (χ0n) is 17.8. The molecule has 0 spiro atoms. The fourth-order valence-corrected chi connectivity index (χ4v) is 6.08. The minimum Gasteiger partial charge on any atom is -0.437 e. The van der Waals surface area contributed by atoms with Gasteiger partial charge in [-0.1, -0.05) is 12.2 Å². The van der Waals surface area contributed by atoms with Gasteiger partial charge in [0, 0.05) is 0 Å². The van der Waals surface area contributed by atoms with Crippen molar-refractivity contribution in [1.29, 1.82) is 0 Å². The molecule has 154 valence electrons. The molecule has 0 aromatic carbocycles. The Labute approximate surface area is 164 Å². The average molecular weight is 415 g/mol. The maximum Gasteiger partial charge on any atom is 0.312 e. The summed E-state index contributed by atoms with van der Waals surface area (Å²) in [4.78, 5) is 25.6. The Morgan fingerprint density at radius 3 is 1.41 bits per heavy atom. The maximum atomic E-state index is 12.8. The number of hydrogen-bond acceptors (Lipinski definition) is 6. The molecular formula is C19H34O6Si2. The summed E-state index contributed by atoms with van der Waals surface area (Å²) in [5, 5.41) is 0. The van der Waals surface area contributed by atoms with E-state index in [1.807, 2.05) is 51.4 Å². The smallest absolute Gasteiger partial charge is 0.312 e. The van der Waals surface area contributed by atoms with Gasteiger partial charge < -0.3 is 18.3 Å². The minimum absolute atomic E-state index is 0.0207. The summed E-state index contributed by atoms with van der Waals surface area (Å²) in [6, 6.07) is 0. The highest BCUT2D eigenvalue weighted by molar-refractivity contribution is 6.70. The van der Waals surface area contributed by atoms with Crippen molar-refractivity contribution in [1.82, 2.24) is 0 Å². The van der Waals surface area contributed by atoms with Crippen LogP contribution in [0.4, 0.5) is 0 Å². The number of rotatable bonds is 8. The summed E-state index contributed by atoms with van der Waals surface area (Å²) in [5.41, 5.74) is 0. The Morgan fingerprint density at radius 2 is 1.11 bits per heavy atom. The van der Waals surface area contributed by atoms with E-state index in [0.717, 1.165) is 6.42 Å². The molecule has 0 aromatic rings. The van der Waals surface area contributed by atoms with Crippen LogP contribution in [0.2, 0.25) is 39.3 Å². The molecule has 0 saturated heterocycles. The first-order chi connectivity index (χ1) is 12.3. The normalized spacial score (nSPS) is 29.5. The van der Waals surface area contributed by atoms with Gasteiger partial charge in [0.2, 0.25) is 0 Å². The van der Waals surface area contributed by atoms with E-state index in [-0.39, 0.29) is 23.8 Å². The fourth-order valence-electron chi connectivity index (χ4n) is 3.99. The number of carbonyl (C=O) groups excluding carboxylic acids is 2. The van der Waals surface area contributed by atoms with Gasteiger partial charge >= 0.3 is 11.9 Å². The molecule has 6 nitrogen and oxygen atoms in total. The highest BCUT2D eigenvalue weighted by atomic mass is 28.4. The third-order valence-electron chi connectivity index (χ3n) is 4.61. The molecule has 6 atom stereocenters. The monoisotopic (exact) mass is 414 g/mol. The van der Waals surface area contributed by atoms with Crippen LogP contribution in [0.5, 0.6) is 0 Å². The largest absolute Gasteiger partial charge is 0.437 e. The zero-order chi connectivity index (χ0) is 20.6. The summed E-state index contributed by atoms with van der Waals surface area (Å²) in [5.74, 6) is -1.74. The molecule has 2 bridgehead atoms. The molecule has 2 aliphatic carbocycles. The summed E-state index contributed by atoms with van der Waals surface area (Å²) in [6.07, 6.45) is 3.60. The van der Waals surface area contributed by atoms with Gasteiger partial charge in [0.15, 0.2) is 29.2 Å². The zero-order valence-corrected chi connectivity index (χ0v) is 19.8. The van der Waals surface area contributed by atoms with Crippen molar-refractivity contribution in [3.8, 4) is 0 Å². The van der Waals surface area contributed by atoms with Gasteiger partial charge in [-0.15, -0.1) is 0 Å². The van der Waals surface area contributed by atoms with Crippen molar-refractivity contribution >= 4 is 28.6 Å². The van der Waals surface area contributed by atoms with Crippen molar-refractivity contribution in [2.75, 3.05) is 0 Å². The molecule has 0 radical (unpaired) electrons. The number of ether oxygens (including phenoxy) is 2. The van der Waals surface area contributed by atoms with Crippen LogP contribution in [0.1, 0.15) is 20.3 Å². The third-order valence-corrected chi connectivity index (χ3v) is 6.68. The first-order valence-electron chi connectivity index (χ1n) is 9.72. The van der Waals surface area contributed by atoms with E-state index in [1.54, 1.807) is 13.8 Å². The second-order valence-corrected chi connectivity index (χ2v) is 18.4. The molecule has 0 N–H and O–H groups in total. The fraction of sp³-hybridized carbons (Fsp3) is 0.789. The molecule has 0 amide bonds. The lowest BCUT2D eigenvalue weighted by Crippen LogP contribution is -2.41. The average Bonchev–Trinajstić information content (AvgIpc) is 3.02. The van der Waals surface area contributed by atoms with Gasteiger partial charge in [0.1, 0.15) is 0 Å². The van der Waals surface area contributed by atoms with Gasteiger partial charge in [-0.25, -0.2) is 0 Å². The molecule has 1 fully saturated rings. The lowest BCUT2D eigenvalue weighted by Gasteiger charge is -2.30. The van der Waals surface area contributed by atoms with Gasteiger partial charge in [-0.05, 0) is 71.4 Å². The summed E-state index contributed by atoms with van der Waals surface area (Å²) < 4.78 is 22.7. The third kappa shape index (κ3) is 6.27. The summed E-state index contributed by atoms with van der Waals surface area (Å²) in [6.45, 7) is 15.7. The SMILES string of the molecule is CC(OC(=O)C1C2C=CC(C2)C1C(=O)OC(C)O[Si](C)(C)C)O[Si](C)(C)C. The number of hydrogen-bond donors (Lipinski definition) is 0. The Kier molecular flexibility index (Phi) is 6.77. The van der Waals surface area contributed by atoms with E-state index in [9.17, 15) is 9.59 Å². The highest BCUT2D eigenvalue weighted by Gasteiger charge is 2.53. The lowest BCUT2D eigenvalue weighted by atomic mass is 9.83. The first-order valence-corrected chi connectivity index (χ1v) is 16.5. The van der Waals surface area contributed by atoms with Crippen LogP contribution in [0.3, 0.4) is 0 Å². The van der Waals surface area contributed by atoms with Crippen LogP contribution < -0.4 is 0 Å².